The van der Waals surface area contributed by atoms with Crippen molar-refractivity contribution in [1.29, 1.82) is 0 Å². The van der Waals surface area contributed by atoms with E-state index in [-0.39, 0.29) is 5.03 Å². The first-order valence-corrected chi connectivity index (χ1v) is 8.18. The number of hydrogen-bond acceptors (Lipinski definition) is 5. The summed E-state index contributed by atoms with van der Waals surface area (Å²) in [6, 6.07) is 3.94. The number of sulfonamides is 1. The van der Waals surface area contributed by atoms with Gasteiger partial charge in [0.1, 0.15) is 0 Å². The van der Waals surface area contributed by atoms with Crippen molar-refractivity contribution in [2.75, 3.05) is 13.6 Å². The number of rotatable bonds is 7. The molecule has 2 aromatic rings. The molecule has 0 atom stereocenters. The number of aromatic amines is 1. The maximum Gasteiger partial charge on any atom is 0.257 e. The first-order valence-electron chi connectivity index (χ1n) is 5.82. The molecule has 0 unspecified atom stereocenters. The van der Waals surface area contributed by atoms with E-state index in [1.54, 1.807) is 18.4 Å². The number of hydrogen-bond donors (Lipinski definition) is 3. The molecule has 0 amide bonds. The molecular formula is C11H16N4O2S2. The van der Waals surface area contributed by atoms with Crippen LogP contribution in [0.3, 0.4) is 0 Å². The third-order valence-corrected chi connectivity index (χ3v) is 4.97. The van der Waals surface area contributed by atoms with Gasteiger partial charge < -0.3 is 5.32 Å². The van der Waals surface area contributed by atoms with Crippen LogP contribution in [0.5, 0.6) is 0 Å². The van der Waals surface area contributed by atoms with Crippen LogP contribution < -0.4 is 10.0 Å². The number of nitrogens with zero attached hydrogens (tertiary/aromatic N) is 1. The fourth-order valence-corrected chi connectivity index (χ4v) is 3.55. The molecule has 0 aliphatic rings. The molecule has 0 saturated heterocycles. The van der Waals surface area contributed by atoms with Crippen molar-refractivity contribution in [3.05, 3.63) is 34.2 Å². The Morgan fingerprint density at radius 3 is 3.00 bits per heavy atom. The van der Waals surface area contributed by atoms with E-state index in [0.29, 0.717) is 25.1 Å². The van der Waals surface area contributed by atoms with Gasteiger partial charge >= 0.3 is 0 Å². The molecule has 2 aromatic heterocycles. The van der Waals surface area contributed by atoms with Crippen molar-refractivity contribution in [3.63, 3.8) is 0 Å². The maximum atomic E-state index is 12.1. The lowest BCUT2D eigenvalue weighted by molar-refractivity contribution is 0.575. The van der Waals surface area contributed by atoms with E-state index >= 15 is 0 Å². The molecule has 104 valence electrons. The molecule has 0 bridgehead atoms. The molecular weight excluding hydrogens is 284 g/mol. The van der Waals surface area contributed by atoms with E-state index in [9.17, 15) is 8.42 Å². The summed E-state index contributed by atoms with van der Waals surface area (Å²) in [5.41, 5.74) is 0.631. The summed E-state index contributed by atoms with van der Waals surface area (Å²) in [5.74, 6) is 0. The molecule has 0 spiro atoms. The van der Waals surface area contributed by atoms with Gasteiger partial charge in [0.25, 0.3) is 10.0 Å². The molecule has 3 N–H and O–H groups in total. The normalized spacial score (nSPS) is 11.8. The van der Waals surface area contributed by atoms with Crippen LogP contribution in [0.25, 0.3) is 0 Å². The zero-order valence-corrected chi connectivity index (χ0v) is 12.1. The molecule has 6 nitrogen and oxygen atoms in total. The van der Waals surface area contributed by atoms with Crippen molar-refractivity contribution in [1.82, 2.24) is 20.2 Å². The van der Waals surface area contributed by atoms with Gasteiger partial charge in [-0.05, 0) is 24.9 Å². The minimum atomic E-state index is -3.53. The Balaban J connectivity index is 1.99. The van der Waals surface area contributed by atoms with Crippen LogP contribution in [-0.2, 0) is 23.0 Å². The average molecular weight is 300 g/mol. The second-order valence-corrected chi connectivity index (χ2v) is 6.72. The minimum Gasteiger partial charge on any atom is -0.316 e. The van der Waals surface area contributed by atoms with E-state index in [1.165, 1.54) is 6.20 Å². The van der Waals surface area contributed by atoms with Gasteiger partial charge in [0.2, 0.25) is 0 Å². The summed E-state index contributed by atoms with van der Waals surface area (Å²) < 4.78 is 26.8. The average Bonchev–Trinajstić information content (AvgIpc) is 3.00. The van der Waals surface area contributed by atoms with E-state index in [1.807, 2.05) is 17.5 Å². The number of thiophene rings is 1. The van der Waals surface area contributed by atoms with Gasteiger partial charge in [-0.25, -0.2) is 13.1 Å². The summed E-state index contributed by atoms with van der Waals surface area (Å²) in [6.07, 6.45) is 2.21. The van der Waals surface area contributed by atoms with Crippen LogP contribution in [-0.4, -0.2) is 32.2 Å². The Morgan fingerprint density at radius 2 is 2.32 bits per heavy atom. The Kier molecular flexibility index (Phi) is 4.70. The van der Waals surface area contributed by atoms with Crippen molar-refractivity contribution >= 4 is 21.4 Å². The number of H-pyrrole nitrogens is 1. The SMILES string of the molecule is CNCc1cn[nH]c1S(=O)(=O)NCCc1cccs1. The first-order chi connectivity index (χ1) is 9.13. The van der Waals surface area contributed by atoms with Crippen LogP contribution >= 0.6 is 11.3 Å². The van der Waals surface area contributed by atoms with Gasteiger partial charge in [-0.3, -0.25) is 5.10 Å². The minimum absolute atomic E-state index is 0.132. The zero-order chi connectivity index (χ0) is 13.7. The van der Waals surface area contributed by atoms with Gasteiger partial charge in [0.15, 0.2) is 5.03 Å². The second kappa shape index (κ2) is 6.29. The van der Waals surface area contributed by atoms with Gasteiger partial charge in [-0.1, -0.05) is 6.07 Å². The monoisotopic (exact) mass is 300 g/mol. The standard InChI is InChI=1S/C11H16N4O2S2/c1-12-7-9-8-13-15-11(9)19(16,17)14-5-4-10-3-2-6-18-10/h2-3,6,8,12,14H,4-5,7H2,1H3,(H,13,15). The number of aromatic nitrogens is 2. The summed E-state index contributed by atoms with van der Waals surface area (Å²) in [5, 5.41) is 11.3. The molecule has 0 aliphatic heterocycles. The predicted octanol–water partition coefficient (Wildman–Crippen LogP) is 0.712. The van der Waals surface area contributed by atoms with Gasteiger partial charge in [-0.2, -0.15) is 5.10 Å². The molecule has 0 radical (unpaired) electrons. The van der Waals surface area contributed by atoms with Crippen molar-refractivity contribution in [3.8, 4) is 0 Å². The Bertz CT molecular complexity index is 604. The number of nitrogens with one attached hydrogen (secondary N) is 3. The van der Waals surface area contributed by atoms with Crippen LogP contribution in [0.2, 0.25) is 0 Å². The topological polar surface area (TPSA) is 86.9 Å². The zero-order valence-electron chi connectivity index (χ0n) is 10.5. The smallest absolute Gasteiger partial charge is 0.257 e. The van der Waals surface area contributed by atoms with Crippen LogP contribution in [0.4, 0.5) is 0 Å². The van der Waals surface area contributed by atoms with E-state index < -0.39 is 10.0 Å². The second-order valence-electron chi connectivity index (χ2n) is 3.98. The molecule has 2 heterocycles. The lowest BCUT2D eigenvalue weighted by atomic mass is 10.3. The highest BCUT2D eigenvalue weighted by molar-refractivity contribution is 7.89. The van der Waals surface area contributed by atoms with Crippen LogP contribution in [0.1, 0.15) is 10.4 Å². The van der Waals surface area contributed by atoms with Gasteiger partial charge in [0.05, 0.1) is 6.20 Å². The molecule has 8 heteroatoms. The quantitative estimate of drug-likeness (QED) is 0.703. The highest BCUT2D eigenvalue weighted by atomic mass is 32.2. The third kappa shape index (κ3) is 3.63. The van der Waals surface area contributed by atoms with Crippen molar-refractivity contribution < 1.29 is 8.42 Å². The molecule has 19 heavy (non-hydrogen) atoms. The Hall–Kier alpha value is -1.22. The fraction of sp³-hybridized carbons (Fsp3) is 0.364. The van der Waals surface area contributed by atoms with E-state index in [0.717, 1.165) is 4.88 Å². The fourth-order valence-electron chi connectivity index (χ4n) is 1.68. The maximum absolute atomic E-state index is 12.1. The summed E-state index contributed by atoms with van der Waals surface area (Å²) in [4.78, 5) is 1.16. The third-order valence-electron chi connectivity index (χ3n) is 2.56. The van der Waals surface area contributed by atoms with E-state index in [2.05, 4.69) is 20.2 Å². The molecule has 0 fully saturated rings. The highest BCUT2D eigenvalue weighted by Crippen LogP contribution is 2.12. The van der Waals surface area contributed by atoms with Crippen molar-refractivity contribution in [2.45, 2.75) is 18.0 Å². The Morgan fingerprint density at radius 1 is 1.47 bits per heavy atom. The Labute approximate surface area is 116 Å². The summed E-state index contributed by atoms with van der Waals surface area (Å²) in [7, 11) is -1.77. The molecule has 0 saturated carbocycles. The summed E-state index contributed by atoms with van der Waals surface area (Å²) >= 11 is 1.62. The predicted molar refractivity (Wildman–Crippen MR) is 74.6 cm³/mol. The molecule has 2 rings (SSSR count). The van der Waals surface area contributed by atoms with E-state index in [4.69, 9.17) is 0 Å². The van der Waals surface area contributed by atoms with Gasteiger partial charge in [0, 0.05) is 23.5 Å². The van der Waals surface area contributed by atoms with Crippen LogP contribution in [0.15, 0.2) is 28.7 Å². The molecule has 0 aliphatic carbocycles. The first kappa shape index (κ1) is 14.2. The lowest BCUT2D eigenvalue weighted by Crippen LogP contribution is -2.27. The largest absolute Gasteiger partial charge is 0.316 e. The van der Waals surface area contributed by atoms with Gasteiger partial charge in [-0.15, -0.1) is 11.3 Å². The highest BCUT2D eigenvalue weighted by Gasteiger charge is 2.19. The van der Waals surface area contributed by atoms with Crippen molar-refractivity contribution in [2.24, 2.45) is 0 Å². The lowest BCUT2D eigenvalue weighted by Gasteiger charge is -2.06. The van der Waals surface area contributed by atoms with Crippen LogP contribution in [0, 0.1) is 0 Å². The summed E-state index contributed by atoms with van der Waals surface area (Å²) in [6.45, 7) is 0.832. The molecule has 0 aromatic carbocycles.